The molecule has 17 heavy (non-hydrogen) atoms. The van der Waals surface area contributed by atoms with Gasteiger partial charge in [-0.25, -0.2) is 0 Å². The highest BCUT2D eigenvalue weighted by Crippen LogP contribution is 2.06. The van der Waals surface area contributed by atoms with Crippen molar-refractivity contribution in [2.45, 2.75) is 59.5 Å². The summed E-state index contributed by atoms with van der Waals surface area (Å²) >= 11 is 0. The van der Waals surface area contributed by atoms with Gasteiger partial charge in [0.2, 0.25) is 0 Å². The first-order valence-corrected chi connectivity index (χ1v) is 7.07. The van der Waals surface area contributed by atoms with Crippen LogP contribution in [0.3, 0.4) is 0 Å². The Morgan fingerprint density at radius 1 is 1.29 bits per heavy atom. The van der Waals surface area contributed by atoms with E-state index in [1.165, 1.54) is 31.2 Å². The second-order valence-corrected chi connectivity index (χ2v) is 5.32. The molecule has 0 spiro atoms. The molecule has 0 unspecified atom stereocenters. The van der Waals surface area contributed by atoms with Crippen LogP contribution in [0.4, 0.5) is 0 Å². The Hall–Kier alpha value is -0.760. The second kappa shape index (κ2) is 8.35. The fraction of sp³-hybridized carbons (Fsp3) is 0.733. The molecular formula is C15H28N2. The molecule has 0 saturated heterocycles. The number of nitrogens with one attached hydrogen (secondary N) is 1. The van der Waals surface area contributed by atoms with Crippen molar-refractivity contribution in [3.05, 3.63) is 24.0 Å². The third-order valence-corrected chi connectivity index (χ3v) is 3.01. The zero-order chi connectivity index (χ0) is 12.5. The van der Waals surface area contributed by atoms with Crippen molar-refractivity contribution >= 4 is 0 Å². The molecule has 0 bridgehead atoms. The van der Waals surface area contributed by atoms with Crippen LogP contribution in [0.5, 0.6) is 0 Å². The molecule has 0 aliphatic heterocycles. The van der Waals surface area contributed by atoms with Crippen LogP contribution in [-0.4, -0.2) is 11.1 Å². The maximum atomic E-state index is 3.52. The van der Waals surface area contributed by atoms with Gasteiger partial charge in [-0.3, -0.25) is 0 Å². The first-order chi connectivity index (χ1) is 8.22. The molecule has 1 N–H and O–H groups in total. The van der Waals surface area contributed by atoms with Crippen LogP contribution in [0, 0.1) is 5.92 Å². The van der Waals surface area contributed by atoms with Gasteiger partial charge >= 0.3 is 0 Å². The molecule has 0 amide bonds. The average molecular weight is 236 g/mol. The monoisotopic (exact) mass is 236 g/mol. The molecule has 1 rings (SSSR count). The quantitative estimate of drug-likeness (QED) is 0.645. The Labute approximate surface area is 106 Å². The Balaban J connectivity index is 2.05. The van der Waals surface area contributed by atoms with E-state index in [2.05, 4.69) is 49.1 Å². The number of hydrogen-bond acceptors (Lipinski definition) is 1. The minimum Gasteiger partial charge on any atom is -0.354 e. The van der Waals surface area contributed by atoms with E-state index in [9.17, 15) is 0 Å². The molecule has 0 fully saturated rings. The molecule has 0 aliphatic carbocycles. The van der Waals surface area contributed by atoms with Crippen molar-refractivity contribution in [2.75, 3.05) is 6.54 Å². The third-order valence-electron chi connectivity index (χ3n) is 3.01. The van der Waals surface area contributed by atoms with E-state index in [4.69, 9.17) is 0 Å². The van der Waals surface area contributed by atoms with E-state index in [0.29, 0.717) is 0 Å². The van der Waals surface area contributed by atoms with Crippen LogP contribution in [0.1, 0.15) is 52.0 Å². The first kappa shape index (κ1) is 14.3. The maximum Gasteiger partial charge on any atom is 0.0220 e. The summed E-state index contributed by atoms with van der Waals surface area (Å²) in [5.74, 6) is 0.845. The topological polar surface area (TPSA) is 17.0 Å². The van der Waals surface area contributed by atoms with E-state index in [0.717, 1.165) is 25.6 Å². The Bertz CT molecular complexity index is 289. The minimum absolute atomic E-state index is 0.845. The Morgan fingerprint density at radius 2 is 2.12 bits per heavy atom. The van der Waals surface area contributed by atoms with E-state index < -0.39 is 0 Å². The lowest BCUT2D eigenvalue weighted by atomic mass is 10.1. The van der Waals surface area contributed by atoms with Gasteiger partial charge in [-0.1, -0.05) is 33.6 Å². The van der Waals surface area contributed by atoms with Crippen molar-refractivity contribution < 1.29 is 0 Å². The molecule has 98 valence electrons. The number of aryl methyl sites for hydroxylation is 1. The lowest BCUT2D eigenvalue weighted by Crippen LogP contribution is -2.14. The summed E-state index contributed by atoms with van der Waals surface area (Å²) < 4.78 is 2.27. The number of nitrogens with zero attached hydrogens (tertiary/aromatic N) is 1. The highest BCUT2D eigenvalue weighted by atomic mass is 14.9. The van der Waals surface area contributed by atoms with Gasteiger partial charge in [0.1, 0.15) is 0 Å². The smallest absolute Gasteiger partial charge is 0.0220 e. The van der Waals surface area contributed by atoms with Gasteiger partial charge in [0.25, 0.3) is 0 Å². The van der Waals surface area contributed by atoms with Crippen LogP contribution in [0.2, 0.25) is 0 Å². The summed E-state index contributed by atoms with van der Waals surface area (Å²) in [6.45, 7) is 10.1. The predicted molar refractivity (Wildman–Crippen MR) is 75.1 cm³/mol. The number of aromatic nitrogens is 1. The Kier molecular flexibility index (Phi) is 7.02. The largest absolute Gasteiger partial charge is 0.354 e. The zero-order valence-corrected chi connectivity index (χ0v) is 11.7. The third kappa shape index (κ3) is 6.52. The number of unbranched alkanes of at least 4 members (excludes halogenated alkanes) is 1. The average Bonchev–Trinajstić information content (AvgIpc) is 2.71. The van der Waals surface area contributed by atoms with E-state index >= 15 is 0 Å². The molecule has 0 aromatic carbocycles. The van der Waals surface area contributed by atoms with Crippen LogP contribution in [-0.2, 0) is 13.1 Å². The molecule has 1 heterocycles. The normalized spacial score (nSPS) is 11.3. The van der Waals surface area contributed by atoms with Crippen LogP contribution >= 0.6 is 0 Å². The molecule has 1 aromatic rings. The standard InChI is InChI=1S/C15H28N2/c1-4-10-17-11-8-15(13-17)12-16-9-6-5-7-14(2)3/h8,11,13-14,16H,4-7,9-10,12H2,1-3H3. The van der Waals surface area contributed by atoms with Crippen molar-refractivity contribution in [2.24, 2.45) is 5.92 Å². The molecule has 2 nitrogen and oxygen atoms in total. The summed E-state index contributed by atoms with van der Waals surface area (Å²) in [7, 11) is 0. The maximum absolute atomic E-state index is 3.52. The van der Waals surface area contributed by atoms with Crippen molar-refractivity contribution in [1.29, 1.82) is 0 Å². The van der Waals surface area contributed by atoms with Gasteiger partial charge in [0.15, 0.2) is 0 Å². The summed E-state index contributed by atoms with van der Waals surface area (Å²) in [6.07, 6.45) is 9.64. The summed E-state index contributed by atoms with van der Waals surface area (Å²) in [4.78, 5) is 0. The summed E-state index contributed by atoms with van der Waals surface area (Å²) in [5.41, 5.74) is 1.40. The van der Waals surface area contributed by atoms with E-state index in [1.807, 2.05) is 0 Å². The fourth-order valence-corrected chi connectivity index (χ4v) is 2.03. The highest BCUT2D eigenvalue weighted by molar-refractivity contribution is 5.09. The van der Waals surface area contributed by atoms with Crippen LogP contribution in [0.25, 0.3) is 0 Å². The minimum atomic E-state index is 0.845. The van der Waals surface area contributed by atoms with E-state index in [-0.39, 0.29) is 0 Å². The van der Waals surface area contributed by atoms with Crippen LogP contribution in [0.15, 0.2) is 18.5 Å². The molecule has 0 saturated carbocycles. The number of rotatable bonds is 9. The predicted octanol–water partition coefficient (Wildman–Crippen LogP) is 3.81. The molecule has 0 atom stereocenters. The molecular weight excluding hydrogens is 208 g/mol. The second-order valence-electron chi connectivity index (χ2n) is 5.32. The molecule has 0 aliphatic rings. The van der Waals surface area contributed by atoms with Gasteiger partial charge in [0, 0.05) is 25.5 Å². The SMILES string of the molecule is CCCn1ccc(CNCCCCC(C)C)c1. The number of hydrogen-bond donors (Lipinski definition) is 1. The lowest BCUT2D eigenvalue weighted by Gasteiger charge is -2.05. The summed E-state index contributed by atoms with van der Waals surface area (Å²) in [5, 5.41) is 3.52. The van der Waals surface area contributed by atoms with Crippen molar-refractivity contribution in [1.82, 2.24) is 9.88 Å². The molecule has 2 heteroatoms. The van der Waals surface area contributed by atoms with Gasteiger partial charge < -0.3 is 9.88 Å². The first-order valence-electron chi connectivity index (χ1n) is 7.07. The highest BCUT2D eigenvalue weighted by Gasteiger charge is 1.97. The van der Waals surface area contributed by atoms with Gasteiger partial charge in [-0.05, 0) is 36.9 Å². The van der Waals surface area contributed by atoms with E-state index in [1.54, 1.807) is 0 Å². The Morgan fingerprint density at radius 3 is 2.82 bits per heavy atom. The molecule has 0 radical (unpaired) electrons. The van der Waals surface area contributed by atoms with Gasteiger partial charge in [-0.2, -0.15) is 0 Å². The van der Waals surface area contributed by atoms with Gasteiger partial charge in [0.05, 0.1) is 0 Å². The zero-order valence-electron chi connectivity index (χ0n) is 11.7. The van der Waals surface area contributed by atoms with Gasteiger partial charge in [-0.15, -0.1) is 0 Å². The fourth-order valence-electron chi connectivity index (χ4n) is 2.03. The van der Waals surface area contributed by atoms with Crippen LogP contribution < -0.4 is 5.32 Å². The van der Waals surface area contributed by atoms with Crippen molar-refractivity contribution in [3.63, 3.8) is 0 Å². The summed E-state index contributed by atoms with van der Waals surface area (Å²) in [6, 6.07) is 2.22. The lowest BCUT2D eigenvalue weighted by molar-refractivity contribution is 0.520. The molecule has 1 aromatic heterocycles. The van der Waals surface area contributed by atoms with Crippen molar-refractivity contribution in [3.8, 4) is 0 Å².